The van der Waals surface area contributed by atoms with Gasteiger partial charge in [-0.15, -0.1) is 0 Å². The van der Waals surface area contributed by atoms with Crippen LogP contribution in [0.25, 0.3) is 0 Å². The summed E-state index contributed by atoms with van der Waals surface area (Å²) < 4.78 is 0. The van der Waals surface area contributed by atoms with E-state index in [-0.39, 0.29) is 6.10 Å². The summed E-state index contributed by atoms with van der Waals surface area (Å²) in [6, 6.07) is 6.11. The van der Waals surface area contributed by atoms with E-state index in [9.17, 15) is 10.2 Å². The van der Waals surface area contributed by atoms with Gasteiger partial charge in [-0.05, 0) is 152 Å². The second kappa shape index (κ2) is 9.39. The largest absolute Gasteiger partial charge is 0.508 e. The Hall–Kier alpha value is -1.80. The molecule has 1 aromatic rings. The van der Waals surface area contributed by atoms with Gasteiger partial charge in [-0.1, -0.05) is 50.6 Å². The molecule has 0 saturated heterocycles. The summed E-state index contributed by atoms with van der Waals surface area (Å²) in [7, 11) is 0. The summed E-state index contributed by atoms with van der Waals surface area (Å²) in [5, 5.41) is 19.6. The van der Waals surface area contributed by atoms with Crippen LogP contribution in [-0.2, 0) is 6.42 Å². The molecule has 2 N–H and O–H groups in total. The van der Waals surface area contributed by atoms with Crippen molar-refractivity contribution < 1.29 is 10.2 Å². The van der Waals surface area contributed by atoms with Gasteiger partial charge in [0, 0.05) is 5.41 Å². The van der Waals surface area contributed by atoms with Gasteiger partial charge in [-0.25, -0.2) is 0 Å². The van der Waals surface area contributed by atoms with Crippen molar-refractivity contribution in [2.75, 3.05) is 0 Å². The number of aliphatic hydroxyl groups excluding tert-OH is 1. The molecule has 8 rings (SSSR count). The highest BCUT2D eigenvalue weighted by Crippen LogP contribution is 2.61. The van der Waals surface area contributed by atoms with Crippen LogP contribution in [-0.4, -0.2) is 16.3 Å². The Bertz CT molecular complexity index is 1170. The maximum atomic E-state index is 9.89. The first kappa shape index (κ1) is 25.2. The third-order valence-corrected chi connectivity index (χ3v) is 12.7. The van der Waals surface area contributed by atoms with E-state index >= 15 is 0 Å². The lowest BCUT2D eigenvalue weighted by atomic mass is 9.56. The summed E-state index contributed by atoms with van der Waals surface area (Å²) in [6.07, 6.45) is 26.4. The maximum absolute atomic E-state index is 9.89. The zero-order valence-electron chi connectivity index (χ0n) is 23.7. The molecular weight excluding hydrogens is 464 g/mol. The molecule has 0 amide bonds. The first-order chi connectivity index (χ1) is 18.3. The molecule has 0 radical (unpaired) electrons. The van der Waals surface area contributed by atoms with Crippen LogP contribution in [0.5, 0.6) is 5.75 Å². The second-order valence-corrected chi connectivity index (χ2v) is 14.7. The topological polar surface area (TPSA) is 40.5 Å². The predicted molar refractivity (Wildman–Crippen MR) is 155 cm³/mol. The molecule has 7 aliphatic rings. The van der Waals surface area contributed by atoms with Crippen molar-refractivity contribution in [2.45, 2.75) is 109 Å². The van der Waals surface area contributed by atoms with Gasteiger partial charge in [0.25, 0.3) is 0 Å². The minimum absolute atomic E-state index is 0.0302. The van der Waals surface area contributed by atoms with E-state index in [0.29, 0.717) is 16.6 Å². The standard InChI is InChI=1S/2C18H24O/c2*1-18-9-2-3-17(18)16-6-4-12-11-13(19)5-7-14(12)15(16)8-10-18/h5,7,11,15-17,19H,2-4,6,8-10H2,1H3;2-3,6,9,12-15,19H,4-5,7-8,10-11H2,1H3/t15-,16-,17+,18+;12?,13?,14-,15+,18-/m10/s1. The Kier molecular flexibility index (Phi) is 6.23. The summed E-state index contributed by atoms with van der Waals surface area (Å²) >= 11 is 0. The molecule has 0 heterocycles. The average Bonchev–Trinajstić information content (AvgIpc) is 3.51. The van der Waals surface area contributed by atoms with Gasteiger partial charge >= 0.3 is 0 Å². The van der Waals surface area contributed by atoms with Crippen LogP contribution in [0.15, 0.2) is 53.6 Å². The molecule has 4 fully saturated rings. The molecular formula is C36H48O2. The molecule has 4 saturated carbocycles. The van der Waals surface area contributed by atoms with Crippen molar-refractivity contribution >= 4 is 0 Å². The van der Waals surface area contributed by atoms with E-state index in [1.165, 1.54) is 76.2 Å². The van der Waals surface area contributed by atoms with Crippen molar-refractivity contribution in [1.29, 1.82) is 0 Å². The summed E-state index contributed by atoms with van der Waals surface area (Å²) in [4.78, 5) is 0. The molecule has 0 bridgehead atoms. The Morgan fingerprint density at radius 2 is 1.76 bits per heavy atom. The lowest BCUT2D eigenvalue weighted by Crippen LogP contribution is -2.39. The zero-order chi connectivity index (χ0) is 26.1. The minimum atomic E-state index is -0.0302. The predicted octanol–water partition coefficient (Wildman–Crippen LogP) is 8.64. The fourth-order valence-corrected chi connectivity index (χ4v) is 10.7. The van der Waals surface area contributed by atoms with Gasteiger partial charge in [0.15, 0.2) is 0 Å². The Labute approximate surface area is 230 Å². The van der Waals surface area contributed by atoms with Crippen molar-refractivity contribution in [1.82, 2.24) is 0 Å². The molecule has 2 unspecified atom stereocenters. The van der Waals surface area contributed by atoms with Crippen molar-refractivity contribution in [2.24, 2.45) is 40.4 Å². The average molecular weight is 513 g/mol. The van der Waals surface area contributed by atoms with E-state index in [1.54, 1.807) is 16.7 Å². The number of aliphatic hydroxyl groups is 1. The zero-order valence-corrected chi connectivity index (χ0v) is 23.7. The molecule has 1 aromatic carbocycles. The molecule has 9 atom stereocenters. The Morgan fingerprint density at radius 1 is 0.895 bits per heavy atom. The van der Waals surface area contributed by atoms with E-state index < -0.39 is 0 Å². The molecule has 38 heavy (non-hydrogen) atoms. The number of aryl methyl sites for hydroxylation is 1. The third kappa shape index (κ3) is 4.07. The first-order valence-corrected chi connectivity index (χ1v) is 15.9. The second-order valence-electron chi connectivity index (χ2n) is 14.7. The molecule has 0 aliphatic heterocycles. The number of benzene rings is 1. The molecule has 204 valence electrons. The Balaban J connectivity index is 0.000000127. The van der Waals surface area contributed by atoms with Crippen molar-refractivity contribution in [3.8, 4) is 5.75 Å². The number of hydrogen-bond acceptors (Lipinski definition) is 2. The third-order valence-electron chi connectivity index (χ3n) is 12.7. The van der Waals surface area contributed by atoms with Crippen LogP contribution in [0.1, 0.15) is 108 Å². The number of aromatic hydroxyl groups is 1. The van der Waals surface area contributed by atoms with Crippen LogP contribution in [0, 0.1) is 40.4 Å². The Morgan fingerprint density at radius 3 is 2.66 bits per heavy atom. The highest BCUT2D eigenvalue weighted by molar-refractivity contribution is 5.50. The van der Waals surface area contributed by atoms with Gasteiger partial charge in [-0.3, -0.25) is 0 Å². The normalized spacial score (nSPS) is 44.1. The number of phenols is 1. The monoisotopic (exact) mass is 512 g/mol. The first-order valence-electron chi connectivity index (χ1n) is 15.9. The van der Waals surface area contributed by atoms with E-state index in [1.807, 2.05) is 12.1 Å². The summed E-state index contributed by atoms with van der Waals surface area (Å²) in [5.41, 5.74) is 7.22. The van der Waals surface area contributed by atoms with Gasteiger partial charge in [0.2, 0.25) is 0 Å². The van der Waals surface area contributed by atoms with E-state index in [2.05, 4.69) is 44.2 Å². The minimum Gasteiger partial charge on any atom is -0.508 e. The number of rotatable bonds is 0. The number of allylic oxidation sites excluding steroid dienone is 6. The van der Waals surface area contributed by atoms with Gasteiger partial charge in [0.05, 0.1) is 6.10 Å². The quantitative estimate of drug-likeness (QED) is 0.365. The van der Waals surface area contributed by atoms with E-state index in [4.69, 9.17) is 0 Å². The SMILES string of the molecule is C[C@@]12C=CC=C1C1=CCC3CC(O)CC[C@@H]3[C@H]1CC2.C[C@@]12CCC[C@H]1[C@@H]1CCc3cc(O)ccc3[C@H]1CC2. The summed E-state index contributed by atoms with van der Waals surface area (Å²) in [5.74, 6) is 5.47. The molecule has 2 heteroatoms. The van der Waals surface area contributed by atoms with Crippen LogP contribution < -0.4 is 0 Å². The maximum Gasteiger partial charge on any atom is 0.115 e. The molecule has 7 aliphatic carbocycles. The van der Waals surface area contributed by atoms with Gasteiger partial charge < -0.3 is 10.2 Å². The van der Waals surface area contributed by atoms with Gasteiger partial charge in [0.1, 0.15) is 5.75 Å². The van der Waals surface area contributed by atoms with E-state index in [0.717, 1.165) is 48.3 Å². The smallest absolute Gasteiger partial charge is 0.115 e. The highest BCUT2D eigenvalue weighted by atomic mass is 16.3. The number of hydrogen-bond donors (Lipinski definition) is 2. The number of phenolic OH excluding ortho intramolecular Hbond substituents is 1. The van der Waals surface area contributed by atoms with Gasteiger partial charge in [-0.2, -0.15) is 0 Å². The fraction of sp³-hybridized carbons (Fsp3) is 0.667. The lowest BCUT2D eigenvalue weighted by molar-refractivity contribution is 0.0423. The van der Waals surface area contributed by atoms with Crippen LogP contribution >= 0.6 is 0 Å². The number of fused-ring (bicyclic) bond motifs is 10. The van der Waals surface area contributed by atoms with Crippen molar-refractivity contribution in [3.05, 3.63) is 64.8 Å². The van der Waals surface area contributed by atoms with Crippen molar-refractivity contribution in [3.63, 3.8) is 0 Å². The molecule has 2 nitrogen and oxygen atoms in total. The lowest BCUT2D eigenvalue weighted by Gasteiger charge is -2.49. The summed E-state index contributed by atoms with van der Waals surface area (Å²) in [6.45, 7) is 4.95. The van der Waals surface area contributed by atoms with Crippen LogP contribution in [0.2, 0.25) is 0 Å². The molecule has 0 spiro atoms. The fourth-order valence-electron chi connectivity index (χ4n) is 10.7. The van der Waals surface area contributed by atoms with Crippen LogP contribution in [0.4, 0.5) is 0 Å². The van der Waals surface area contributed by atoms with Crippen LogP contribution in [0.3, 0.4) is 0 Å². The molecule has 0 aromatic heterocycles. The highest BCUT2D eigenvalue weighted by Gasteiger charge is 2.50.